The molecule has 0 saturated heterocycles. The Balaban J connectivity index is 1.91. The van der Waals surface area contributed by atoms with Gasteiger partial charge in [0.1, 0.15) is 12.7 Å². The first-order chi connectivity index (χ1) is 10.6. The van der Waals surface area contributed by atoms with Gasteiger partial charge in [-0.2, -0.15) is 0 Å². The molecule has 0 bridgehead atoms. The molecule has 3 N–H and O–H groups in total. The summed E-state index contributed by atoms with van der Waals surface area (Å²) in [5, 5.41) is 2.07. The van der Waals surface area contributed by atoms with E-state index in [0.29, 0.717) is 25.4 Å². The molecule has 0 aliphatic carbocycles. The Bertz CT molecular complexity index is 535. The Morgan fingerprint density at radius 1 is 1.36 bits per heavy atom. The summed E-state index contributed by atoms with van der Waals surface area (Å²) in [5.74, 6) is 1.02. The number of hydrogen-bond donors (Lipinski definition) is 2. The van der Waals surface area contributed by atoms with E-state index in [-0.39, 0.29) is 12.6 Å². The average Bonchev–Trinajstić information content (AvgIpc) is 2.46. The molecule has 0 unspecified atom stereocenters. The number of amides is 3. The lowest BCUT2D eigenvalue weighted by Gasteiger charge is -2.30. The number of primary amides is 1. The summed E-state index contributed by atoms with van der Waals surface area (Å²) in [6.07, 6.45) is 0.719. The molecule has 1 aliphatic heterocycles. The molecule has 1 atom stereocenters. The molecule has 1 aromatic rings. The van der Waals surface area contributed by atoms with E-state index in [0.717, 1.165) is 12.2 Å². The number of carbonyl (C=O) groups is 2. The van der Waals surface area contributed by atoms with Crippen LogP contribution in [-0.4, -0.2) is 49.2 Å². The summed E-state index contributed by atoms with van der Waals surface area (Å²) in [6, 6.07) is 6.64. The van der Waals surface area contributed by atoms with Crippen LogP contribution in [0.15, 0.2) is 24.3 Å². The lowest BCUT2D eigenvalue weighted by Crippen LogP contribution is -2.47. The second-order valence-electron chi connectivity index (χ2n) is 5.15. The zero-order chi connectivity index (χ0) is 15.9. The normalized spacial score (nSPS) is 16.4. The summed E-state index contributed by atoms with van der Waals surface area (Å²) in [4.78, 5) is 24.3. The molecule has 22 heavy (non-hydrogen) atoms. The van der Waals surface area contributed by atoms with E-state index in [9.17, 15) is 9.59 Å². The predicted molar refractivity (Wildman–Crippen MR) is 80.8 cm³/mol. The Labute approximate surface area is 129 Å². The Morgan fingerprint density at radius 2 is 2.09 bits per heavy atom. The monoisotopic (exact) mass is 307 g/mol. The van der Waals surface area contributed by atoms with Gasteiger partial charge in [0, 0.05) is 6.54 Å². The molecule has 0 radical (unpaired) electrons. The second kappa shape index (κ2) is 7.65. The highest BCUT2D eigenvalue weighted by molar-refractivity contribution is 5.94. The molecule has 1 aromatic carbocycles. The van der Waals surface area contributed by atoms with Crippen molar-refractivity contribution in [1.29, 1.82) is 0 Å². The highest BCUT2D eigenvalue weighted by Crippen LogP contribution is 2.30. The summed E-state index contributed by atoms with van der Waals surface area (Å²) >= 11 is 0. The lowest BCUT2D eigenvalue weighted by molar-refractivity contribution is -0.121. The summed E-state index contributed by atoms with van der Waals surface area (Å²) in [5.41, 5.74) is 4.95. The fourth-order valence-electron chi connectivity index (χ4n) is 2.37. The van der Waals surface area contributed by atoms with Crippen LogP contribution in [0.3, 0.4) is 0 Å². The van der Waals surface area contributed by atoms with Crippen molar-refractivity contribution in [3.05, 3.63) is 24.3 Å². The first kappa shape index (κ1) is 16.1. The quantitative estimate of drug-likeness (QED) is 0.808. The maximum atomic E-state index is 11.7. The molecule has 1 heterocycles. The third-order valence-corrected chi connectivity index (χ3v) is 3.20. The minimum absolute atomic E-state index is 0.0955. The summed E-state index contributed by atoms with van der Waals surface area (Å²) in [7, 11) is 0. The Morgan fingerprint density at radius 3 is 2.77 bits per heavy atom. The van der Waals surface area contributed by atoms with Crippen LogP contribution in [0.2, 0.25) is 0 Å². The summed E-state index contributed by atoms with van der Waals surface area (Å²) < 4.78 is 11.5. The first-order valence-corrected chi connectivity index (χ1v) is 7.28. The molecule has 0 saturated carbocycles. The van der Waals surface area contributed by atoms with Gasteiger partial charge in [-0.3, -0.25) is 15.0 Å². The number of imide groups is 1. The van der Waals surface area contributed by atoms with E-state index in [1.54, 1.807) is 0 Å². The third kappa shape index (κ3) is 4.63. The number of urea groups is 1. The average molecular weight is 307 g/mol. The number of para-hydroxylation sites is 2. The molecule has 0 aromatic heterocycles. The molecule has 0 fully saturated rings. The Hall–Kier alpha value is -2.28. The third-order valence-electron chi connectivity index (χ3n) is 3.20. The minimum Gasteiger partial charge on any atom is -0.486 e. The number of nitrogens with two attached hydrogens (primary N) is 1. The predicted octanol–water partition coefficient (Wildman–Crippen LogP) is 0.733. The second-order valence-corrected chi connectivity index (χ2v) is 5.15. The maximum absolute atomic E-state index is 11.7. The number of carbonyl (C=O) groups excluding carboxylic acids is 2. The van der Waals surface area contributed by atoms with Crippen molar-refractivity contribution in [2.45, 2.75) is 19.4 Å². The fraction of sp³-hybridized carbons (Fsp3) is 0.467. The van der Waals surface area contributed by atoms with Crippen molar-refractivity contribution >= 4 is 11.9 Å². The van der Waals surface area contributed by atoms with Crippen molar-refractivity contribution in [2.75, 3.05) is 26.2 Å². The van der Waals surface area contributed by atoms with Crippen molar-refractivity contribution < 1.29 is 19.1 Å². The molecule has 1 aliphatic rings. The molecule has 120 valence electrons. The first-order valence-electron chi connectivity index (χ1n) is 7.28. The van der Waals surface area contributed by atoms with Crippen LogP contribution in [0, 0.1) is 0 Å². The standard InChI is InChI=1S/C15H21N3O4/c1-2-7-18(9-14(19)17-15(16)20)8-11-10-21-12-5-3-4-6-13(12)22-11/h3-6,11H,2,7-10H2,1H3,(H3,16,17,19,20)/t11-/m1/s1. The smallest absolute Gasteiger partial charge is 0.318 e. The van der Waals surface area contributed by atoms with Crippen LogP contribution >= 0.6 is 0 Å². The van der Waals surface area contributed by atoms with E-state index in [1.165, 1.54) is 0 Å². The van der Waals surface area contributed by atoms with Gasteiger partial charge in [-0.1, -0.05) is 19.1 Å². The van der Waals surface area contributed by atoms with Gasteiger partial charge in [0.15, 0.2) is 11.5 Å². The number of nitrogens with zero attached hydrogens (tertiary/aromatic N) is 1. The molecule has 3 amide bonds. The topological polar surface area (TPSA) is 93.9 Å². The number of ether oxygens (including phenoxy) is 2. The van der Waals surface area contributed by atoms with Crippen LogP contribution < -0.4 is 20.5 Å². The minimum atomic E-state index is -0.840. The van der Waals surface area contributed by atoms with Gasteiger partial charge >= 0.3 is 6.03 Å². The van der Waals surface area contributed by atoms with Crippen LogP contribution in [0.1, 0.15) is 13.3 Å². The Kier molecular flexibility index (Phi) is 5.60. The van der Waals surface area contributed by atoms with E-state index < -0.39 is 11.9 Å². The molecular formula is C15H21N3O4. The van der Waals surface area contributed by atoms with Crippen LogP contribution in [0.5, 0.6) is 11.5 Å². The van der Waals surface area contributed by atoms with Gasteiger partial charge in [-0.25, -0.2) is 4.79 Å². The zero-order valence-corrected chi connectivity index (χ0v) is 12.6. The number of rotatable bonds is 6. The van der Waals surface area contributed by atoms with Gasteiger partial charge in [-0.05, 0) is 25.1 Å². The lowest BCUT2D eigenvalue weighted by atomic mass is 10.2. The summed E-state index contributed by atoms with van der Waals surface area (Å²) in [6.45, 7) is 3.79. The van der Waals surface area contributed by atoms with Crippen molar-refractivity contribution in [3.63, 3.8) is 0 Å². The van der Waals surface area contributed by atoms with Gasteiger partial charge in [0.05, 0.1) is 6.54 Å². The molecule has 7 nitrogen and oxygen atoms in total. The number of nitrogens with one attached hydrogen (secondary N) is 1. The van der Waals surface area contributed by atoms with Crippen molar-refractivity contribution in [1.82, 2.24) is 10.2 Å². The molecule has 0 spiro atoms. The number of benzene rings is 1. The molecule has 2 rings (SSSR count). The van der Waals surface area contributed by atoms with Crippen molar-refractivity contribution in [3.8, 4) is 11.5 Å². The number of hydrogen-bond acceptors (Lipinski definition) is 5. The van der Waals surface area contributed by atoms with E-state index >= 15 is 0 Å². The van der Waals surface area contributed by atoms with Gasteiger partial charge in [-0.15, -0.1) is 0 Å². The van der Waals surface area contributed by atoms with Gasteiger partial charge in [0.25, 0.3) is 0 Å². The SMILES string of the molecule is CCCN(CC(=O)NC(N)=O)C[C@@H]1COc2ccccc2O1. The fourth-order valence-corrected chi connectivity index (χ4v) is 2.37. The zero-order valence-electron chi connectivity index (χ0n) is 12.6. The van der Waals surface area contributed by atoms with Crippen molar-refractivity contribution in [2.24, 2.45) is 5.73 Å². The molecule has 7 heteroatoms. The van der Waals surface area contributed by atoms with E-state index in [1.807, 2.05) is 36.1 Å². The highest BCUT2D eigenvalue weighted by atomic mass is 16.6. The van der Waals surface area contributed by atoms with Crippen LogP contribution in [0.4, 0.5) is 4.79 Å². The van der Waals surface area contributed by atoms with Gasteiger partial charge < -0.3 is 15.2 Å². The van der Waals surface area contributed by atoms with E-state index in [4.69, 9.17) is 15.2 Å². The largest absolute Gasteiger partial charge is 0.486 e. The van der Waals surface area contributed by atoms with Crippen LogP contribution in [0.25, 0.3) is 0 Å². The van der Waals surface area contributed by atoms with E-state index in [2.05, 4.69) is 5.32 Å². The molecular weight excluding hydrogens is 286 g/mol. The van der Waals surface area contributed by atoms with Crippen LogP contribution in [-0.2, 0) is 4.79 Å². The van der Waals surface area contributed by atoms with Gasteiger partial charge in [0.2, 0.25) is 5.91 Å². The highest BCUT2D eigenvalue weighted by Gasteiger charge is 2.24. The number of fused-ring (bicyclic) bond motifs is 1. The maximum Gasteiger partial charge on any atom is 0.318 e.